The van der Waals surface area contributed by atoms with Crippen LogP contribution in [0.25, 0.3) is 11.3 Å². The number of benzene rings is 1. The first kappa shape index (κ1) is 26.6. The van der Waals surface area contributed by atoms with Gasteiger partial charge < -0.3 is 31.2 Å². The minimum absolute atomic E-state index is 0.0307. The maximum absolute atomic E-state index is 16.2. The second kappa shape index (κ2) is 10.6. The number of aliphatic hydroxyl groups excluding tert-OH is 2. The molecule has 0 amide bonds. The standard InChI is InChI=1S/C25H27F2N7O5/c1-10-18-21(33-25(29)30-10)19(27)20(32-23(18)34-39-9-17-22(36)16(35)8-38-17)12-4-3-11(26)7-13(12)15-6-5-14(28)24(31-15)37-2/h3-7,16-17,19-20,22,35-36H,8-9,28H2,1-2H3,(H,32,34)(H2,29,30,33)/t16?,17?,19?,20-,22?/m0/s1. The summed E-state index contributed by atoms with van der Waals surface area (Å²) in [7, 11) is 1.40. The third-order valence-electron chi connectivity index (χ3n) is 6.54. The molecule has 0 radical (unpaired) electrons. The van der Waals surface area contributed by atoms with Gasteiger partial charge in [0.15, 0.2) is 12.0 Å². The van der Waals surface area contributed by atoms with Gasteiger partial charge in [0.1, 0.15) is 36.8 Å². The minimum atomic E-state index is -1.79. The van der Waals surface area contributed by atoms with Crippen molar-refractivity contribution in [2.24, 2.45) is 4.99 Å². The summed E-state index contributed by atoms with van der Waals surface area (Å²) in [5.74, 6) is -0.475. The molecule has 4 unspecified atom stereocenters. The third kappa shape index (κ3) is 5.06. The molecule has 206 valence electrons. The molecule has 3 aromatic rings. The van der Waals surface area contributed by atoms with Crippen molar-refractivity contribution in [3.05, 3.63) is 58.7 Å². The van der Waals surface area contributed by atoms with Crippen molar-refractivity contribution in [1.82, 2.24) is 20.4 Å². The number of aryl methyl sites for hydroxylation is 1. The number of halogens is 2. The van der Waals surface area contributed by atoms with Gasteiger partial charge in [0.05, 0.1) is 42.0 Å². The van der Waals surface area contributed by atoms with Gasteiger partial charge in [-0.3, -0.25) is 9.83 Å². The number of anilines is 2. The molecule has 0 bridgehead atoms. The van der Waals surface area contributed by atoms with E-state index < -0.39 is 36.3 Å². The molecule has 0 spiro atoms. The van der Waals surface area contributed by atoms with Gasteiger partial charge in [-0.15, -0.1) is 0 Å². The number of nitrogens with zero attached hydrogens (tertiary/aromatic N) is 4. The van der Waals surface area contributed by atoms with Crippen LogP contribution in [0.3, 0.4) is 0 Å². The van der Waals surface area contributed by atoms with E-state index in [4.69, 9.17) is 25.8 Å². The number of fused-ring (bicyclic) bond motifs is 1. The predicted molar refractivity (Wildman–Crippen MR) is 136 cm³/mol. The number of amidine groups is 1. The first-order valence-corrected chi connectivity index (χ1v) is 12.0. The fourth-order valence-electron chi connectivity index (χ4n) is 4.61. The van der Waals surface area contributed by atoms with Crippen LogP contribution in [0.4, 0.5) is 20.4 Å². The Labute approximate surface area is 221 Å². The van der Waals surface area contributed by atoms with Gasteiger partial charge in [-0.1, -0.05) is 6.07 Å². The zero-order chi connectivity index (χ0) is 27.8. The van der Waals surface area contributed by atoms with Gasteiger partial charge >= 0.3 is 0 Å². The molecule has 5 atom stereocenters. The van der Waals surface area contributed by atoms with Crippen LogP contribution in [0.15, 0.2) is 35.3 Å². The number of aromatic nitrogens is 3. The summed E-state index contributed by atoms with van der Waals surface area (Å²) in [4.78, 5) is 22.7. The highest BCUT2D eigenvalue weighted by atomic mass is 19.1. The second-order valence-electron chi connectivity index (χ2n) is 9.12. The summed E-state index contributed by atoms with van der Waals surface area (Å²) in [6.07, 6.45) is -4.74. The average molecular weight is 544 g/mol. The molecule has 4 heterocycles. The molecule has 5 rings (SSSR count). The van der Waals surface area contributed by atoms with Crippen LogP contribution in [-0.4, -0.2) is 69.6 Å². The SMILES string of the molecule is COc1nc(-c2cc(F)ccc2[C@@H]2N=C(NOCC3OCC(O)C3O)c3c(C)nc(N)nc3C2F)ccc1N. The smallest absolute Gasteiger partial charge is 0.237 e. The highest BCUT2D eigenvalue weighted by Gasteiger charge is 2.38. The van der Waals surface area contributed by atoms with Crippen LogP contribution in [0.2, 0.25) is 0 Å². The maximum Gasteiger partial charge on any atom is 0.237 e. The van der Waals surface area contributed by atoms with Gasteiger partial charge in [-0.05, 0) is 36.8 Å². The number of pyridine rings is 1. The predicted octanol–water partition coefficient (Wildman–Crippen LogP) is 1.31. The van der Waals surface area contributed by atoms with Crippen molar-refractivity contribution in [3.63, 3.8) is 0 Å². The molecule has 12 nitrogen and oxygen atoms in total. The van der Waals surface area contributed by atoms with Crippen LogP contribution in [0.5, 0.6) is 5.88 Å². The topological polar surface area (TPSA) is 183 Å². The molecule has 2 aliphatic rings. The molecular weight excluding hydrogens is 516 g/mol. The number of hydrogen-bond donors (Lipinski definition) is 5. The molecule has 1 saturated heterocycles. The Bertz CT molecular complexity index is 1430. The minimum Gasteiger partial charge on any atom is -0.480 e. The molecule has 7 N–H and O–H groups in total. The van der Waals surface area contributed by atoms with Gasteiger partial charge in [-0.25, -0.2) is 29.2 Å². The number of methoxy groups -OCH3 is 1. The largest absolute Gasteiger partial charge is 0.480 e. The molecule has 2 aliphatic heterocycles. The van der Waals surface area contributed by atoms with Crippen molar-refractivity contribution in [1.29, 1.82) is 0 Å². The molecule has 0 saturated carbocycles. The van der Waals surface area contributed by atoms with E-state index in [1.807, 2.05) is 0 Å². The molecular formula is C25H27F2N7O5. The van der Waals surface area contributed by atoms with E-state index in [2.05, 4.69) is 25.4 Å². The Morgan fingerprint density at radius 3 is 2.67 bits per heavy atom. The summed E-state index contributed by atoms with van der Waals surface area (Å²) in [6, 6.07) is 5.74. The van der Waals surface area contributed by atoms with E-state index in [0.29, 0.717) is 17.0 Å². The summed E-state index contributed by atoms with van der Waals surface area (Å²) in [5.41, 5.74) is 16.1. The zero-order valence-corrected chi connectivity index (χ0v) is 21.0. The van der Waals surface area contributed by atoms with Crippen molar-refractivity contribution in [2.75, 3.05) is 31.8 Å². The van der Waals surface area contributed by atoms with Crippen LogP contribution < -0.4 is 21.7 Å². The van der Waals surface area contributed by atoms with E-state index in [0.717, 1.165) is 0 Å². The van der Waals surface area contributed by atoms with Crippen LogP contribution in [0, 0.1) is 12.7 Å². The Morgan fingerprint density at radius 2 is 1.95 bits per heavy atom. The molecule has 1 fully saturated rings. The van der Waals surface area contributed by atoms with E-state index in [9.17, 15) is 14.6 Å². The highest BCUT2D eigenvalue weighted by Crippen LogP contribution is 2.44. The number of aliphatic hydroxyl groups is 2. The Balaban J connectivity index is 1.55. The normalized spacial score (nSPS) is 24.3. The van der Waals surface area contributed by atoms with Crippen LogP contribution >= 0.6 is 0 Å². The summed E-state index contributed by atoms with van der Waals surface area (Å²) < 4.78 is 41.1. The summed E-state index contributed by atoms with van der Waals surface area (Å²) >= 11 is 0. The van der Waals surface area contributed by atoms with Gasteiger partial charge in [-0.2, -0.15) is 0 Å². The van der Waals surface area contributed by atoms with Crippen LogP contribution in [-0.2, 0) is 9.57 Å². The fraction of sp³-hybridized carbons (Fsp3) is 0.360. The lowest BCUT2D eigenvalue weighted by Crippen LogP contribution is -2.38. The number of hydrogen-bond acceptors (Lipinski definition) is 12. The van der Waals surface area contributed by atoms with Crippen LogP contribution in [0.1, 0.15) is 34.7 Å². The average Bonchev–Trinajstić information content (AvgIpc) is 3.22. The van der Waals surface area contributed by atoms with Gasteiger partial charge in [0.2, 0.25) is 11.8 Å². The summed E-state index contributed by atoms with van der Waals surface area (Å²) in [5, 5.41) is 19.7. The number of hydroxylamine groups is 1. The number of nitrogen functional groups attached to an aromatic ring is 2. The Morgan fingerprint density at radius 1 is 1.15 bits per heavy atom. The number of nitrogens with one attached hydrogen (secondary N) is 1. The molecule has 14 heteroatoms. The lowest BCUT2D eigenvalue weighted by molar-refractivity contribution is -0.0458. The Hall–Kier alpha value is -3.98. The monoisotopic (exact) mass is 543 g/mol. The third-order valence-corrected chi connectivity index (χ3v) is 6.54. The van der Waals surface area contributed by atoms with E-state index in [-0.39, 0.29) is 53.4 Å². The van der Waals surface area contributed by atoms with Crippen molar-refractivity contribution in [2.45, 2.75) is 37.4 Å². The van der Waals surface area contributed by atoms with Gasteiger partial charge in [0.25, 0.3) is 0 Å². The molecule has 1 aromatic carbocycles. The highest BCUT2D eigenvalue weighted by molar-refractivity contribution is 6.01. The van der Waals surface area contributed by atoms with E-state index in [1.165, 1.54) is 25.3 Å². The number of alkyl halides is 1. The molecule has 39 heavy (non-hydrogen) atoms. The Kier molecular flexibility index (Phi) is 7.27. The maximum atomic E-state index is 16.2. The molecule has 2 aromatic heterocycles. The molecule has 0 aliphatic carbocycles. The number of ether oxygens (including phenoxy) is 2. The van der Waals surface area contributed by atoms with E-state index >= 15 is 4.39 Å². The van der Waals surface area contributed by atoms with E-state index in [1.54, 1.807) is 19.1 Å². The first-order chi connectivity index (χ1) is 18.7. The lowest BCUT2D eigenvalue weighted by atomic mass is 9.90. The number of aliphatic imine (C=N–C) groups is 1. The quantitative estimate of drug-likeness (QED) is 0.283. The summed E-state index contributed by atoms with van der Waals surface area (Å²) in [6.45, 7) is 1.44. The van der Waals surface area contributed by atoms with Crippen molar-refractivity contribution in [3.8, 4) is 17.1 Å². The lowest BCUT2D eigenvalue weighted by Gasteiger charge is -2.29. The number of nitrogens with two attached hydrogens (primary N) is 2. The first-order valence-electron chi connectivity index (χ1n) is 12.0. The van der Waals surface area contributed by atoms with Crippen molar-refractivity contribution >= 4 is 17.5 Å². The second-order valence-corrected chi connectivity index (χ2v) is 9.12. The van der Waals surface area contributed by atoms with Gasteiger partial charge in [0, 0.05) is 5.56 Å². The number of rotatable bonds is 6. The zero-order valence-electron chi connectivity index (χ0n) is 21.0. The fourth-order valence-corrected chi connectivity index (χ4v) is 4.61. The van der Waals surface area contributed by atoms with Crippen molar-refractivity contribution < 1.29 is 33.3 Å².